The summed E-state index contributed by atoms with van der Waals surface area (Å²) in [7, 11) is 0. The minimum absolute atomic E-state index is 0.713. The predicted molar refractivity (Wildman–Crippen MR) is 78.0 cm³/mol. The Bertz CT molecular complexity index is 230. The van der Waals surface area contributed by atoms with Crippen LogP contribution in [0.4, 0.5) is 0 Å². The zero-order chi connectivity index (χ0) is 13.0. The molecule has 2 rings (SSSR count). The largest absolute Gasteiger partial charge is 0.314 e. The molecule has 1 atom stereocenters. The topological polar surface area (TPSA) is 18.5 Å². The van der Waals surface area contributed by atoms with E-state index in [0.717, 1.165) is 12.1 Å². The molecule has 3 heteroatoms. The maximum atomic E-state index is 3.61. The van der Waals surface area contributed by atoms with Crippen molar-refractivity contribution in [3.05, 3.63) is 0 Å². The molecular formula is C15H31N3. The van der Waals surface area contributed by atoms with Crippen molar-refractivity contribution in [2.24, 2.45) is 0 Å². The van der Waals surface area contributed by atoms with Gasteiger partial charge in [0.25, 0.3) is 0 Å². The number of hydrogen-bond acceptors (Lipinski definition) is 3. The van der Waals surface area contributed by atoms with E-state index in [2.05, 4.69) is 35.9 Å². The highest BCUT2D eigenvalue weighted by atomic mass is 15.3. The van der Waals surface area contributed by atoms with Crippen molar-refractivity contribution in [2.75, 3.05) is 32.7 Å². The summed E-state index contributed by atoms with van der Waals surface area (Å²) < 4.78 is 0. The number of piperazine rings is 1. The molecule has 1 heterocycles. The third kappa shape index (κ3) is 4.52. The van der Waals surface area contributed by atoms with Crippen LogP contribution in [0.25, 0.3) is 0 Å². The van der Waals surface area contributed by atoms with E-state index in [4.69, 9.17) is 0 Å². The van der Waals surface area contributed by atoms with Crippen LogP contribution in [-0.2, 0) is 0 Å². The molecule has 2 fully saturated rings. The molecule has 1 aliphatic carbocycles. The van der Waals surface area contributed by atoms with E-state index >= 15 is 0 Å². The lowest BCUT2D eigenvalue weighted by molar-refractivity contribution is 0.0800. The number of hydrogen-bond donors (Lipinski definition) is 1. The molecule has 1 aliphatic heterocycles. The Morgan fingerprint density at radius 3 is 2.17 bits per heavy atom. The van der Waals surface area contributed by atoms with Crippen LogP contribution < -0.4 is 5.32 Å². The van der Waals surface area contributed by atoms with Crippen molar-refractivity contribution in [3.8, 4) is 0 Å². The molecule has 106 valence electrons. The Labute approximate surface area is 113 Å². The SMILES string of the molecule is CC(C)N1CCN(C(C)CCCNC2CC2)CC1. The van der Waals surface area contributed by atoms with Crippen LogP contribution in [0.2, 0.25) is 0 Å². The van der Waals surface area contributed by atoms with Gasteiger partial charge in [-0.3, -0.25) is 9.80 Å². The predicted octanol–water partition coefficient (Wildman–Crippen LogP) is 1.93. The fourth-order valence-corrected chi connectivity index (χ4v) is 2.87. The first-order valence-electron chi connectivity index (χ1n) is 7.88. The lowest BCUT2D eigenvalue weighted by Gasteiger charge is -2.39. The molecular weight excluding hydrogens is 222 g/mol. The summed E-state index contributed by atoms with van der Waals surface area (Å²) in [6.07, 6.45) is 5.50. The number of rotatable bonds is 7. The third-order valence-corrected chi connectivity index (χ3v) is 4.51. The Hall–Kier alpha value is -0.120. The van der Waals surface area contributed by atoms with Crippen molar-refractivity contribution in [1.29, 1.82) is 0 Å². The second-order valence-corrected chi connectivity index (χ2v) is 6.39. The second kappa shape index (κ2) is 6.88. The molecule has 0 spiro atoms. The minimum Gasteiger partial charge on any atom is -0.314 e. The molecule has 0 amide bonds. The monoisotopic (exact) mass is 253 g/mol. The molecule has 0 aromatic rings. The van der Waals surface area contributed by atoms with Crippen LogP contribution in [0.1, 0.15) is 46.5 Å². The van der Waals surface area contributed by atoms with Gasteiger partial charge in [-0.25, -0.2) is 0 Å². The molecule has 1 saturated carbocycles. The molecule has 18 heavy (non-hydrogen) atoms. The van der Waals surface area contributed by atoms with Gasteiger partial charge in [0.15, 0.2) is 0 Å². The average molecular weight is 253 g/mol. The van der Waals surface area contributed by atoms with Gasteiger partial charge in [-0.1, -0.05) is 0 Å². The summed E-state index contributed by atoms with van der Waals surface area (Å²) in [5.41, 5.74) is 0. The summed E-state index contributed by atoms with van der Waals surface area (Å²) in [4.78, 5) is 5.27. The standard InChI is InChI=1S/C15H31N3/c1-13(2)17-9-11-18(12-10-17)14(3)5-4-8-16-15-6-7-15/h13-16H,4-12H2,1-3H3. The van der Waals surface area contributed by atoms with Gasteiger partial charge in [0.05, 0.1) is 0 Å². The first-order valence-corrected chi connectivity index (χ1v) is 7.88. The molecule has 3 nitrogen and oxygen atoms in total. The van der Waals surface area contributed by atoms with Crippen LogP contribution in [0.3, 0.4) is 0 Å². The molecule has 2 aliphatic rings. The van der Waals surface area contributed by atoms with Gasteiger partial charge < -0.3 is 5.32 Å². The van der Waals surface area contributed by atoms with Crippen molar-refractivity contribution >= 4 is 0 Å². The van der Waals surface area contributed by atoms with Gasteiger partial charge in [-0.2, -0.15) is 0 Å². The van der Waals surface area contributed by atoms with Gasteiger partial charge >= 0.3 is 0 Å². The third-order valence-electron chi connectivity index (χ3n) is 4.51. The van der Waals surface area contributed by atoms with Gasteiger partial charge in [-0.05, 0) is 53.0 Å². The Morgan fingerprint density at radius 2 is 1.61 bits per heavy atom. The first kappa shape index (κ1) is 14.3. The Balaban J connectivity index is 1.56. The average Bonchev–Trinajstić information content (AvgIpc) is 3.18. The van der Waals surface area contributed by atoms with Gasteiger partial charge in [-0.15, -0.1) is 0 Å². The second-order valence-electron chi connectivity index (χ2n) is 6.39. The van der Waals surface area contributed by atoms with Gasteiger partial charge in [0, 0.05) is 44.3 Å². The Morgan fingerprint density at radius 1 is 1.00 bits per heavy atom. The highest BCUT2D eigenvalue weighted by molar-refractivity contribution is 4.81. The summed E-state index contributed by atoms with van der Waals surface area (Å²) in [6, 6.07) is 2.35. The highest BCUT2D eigenvalue weighted by Gasteiger charge is 2.22. The molecule has 0 radical (unpaired) electrons. The van der Waals surface area contributed by atoms with Crippen LogP contribution in [-0.4, -0.2) is 60.6 Å². The zero-order valence-electron chi connectivity index (χ0n) is 12.5. The van der Waals surface area contributed by atoms with E-state index in [1.807, 2.05) is 0 Å². The van der Waals surface area contributed by atoms with E-state index in [0.29, 0.717) is 6.04 Å². The summed E-state index contributed by atoms with van der Waals surface area (Å²) in [6.45, 7) is 13.3. The normalized spacial score (nSPS) is 24.7. The molecule has 1 saturated heterocycles. The minimum atomic E-state index is 0.713. The van der Waals surface area contributed by atoms with Crippen LogP contribution in [0, 0.1) is 0 Å². The molecule has 1 unspecified atom stereocenters. The molecule has 0 aromatic heterocycles. The van der Waals surface area contributed by atoms with Crippen LogP contribution in [0.5, 0.6) is 0 Å². The van der Waals surface area contributed by atoms with Crippen molar-refractivity contribution in [1.82, 2.24) is 15.1 Å². The van der Waals surface area contributed by atoms with Crippen LogP contribution >= 0.6 is 0 Å². The number of nitrogens with one attached hydrogen (secondary N) is 1. The van der Waals surface area contributed by atoms with Crippen LogP contribution in [0.15, 0.2) is 0 Å². The number of nitrogens with zero attached hydrogens (tertiary/aromatic N) is 2. The van der Waals surface area contributed by atoms with Gasteiger partial charge in [0.2, 0.25) is 0 Å². The van der Waals surface area contributed by atoms with Crippen molar-refractivity contribution in [2.45, 2.75) is 64.6 Å². The molecule has 0 bridgehead atoms. The quantitative estimate of drug-likeness (QED) is 0.700. The summed E-state index contributed by atoms with van der Waals surface area (Å²) in [5.74, 6) is 0. The van der Waals surface area contributed by atoms with Crippen molar-refractivity contribution < 1.29 is 0 Å². The van der Waals surface area contributed by atoms with E-state index in [1.54, 1.807) is 0 Å². The highest BCUT2D eigenvalue weighted by Crippen LogP contribution is 2.18. The lowest BCUT2D eigenvalue weighted by atomic mass is 10.1. The van der Waals surface area contributed by atoms with E-state index in [1.165, 1.54) is 58.4 Å². The molecule has 0 aromatic carbocycles. The van der Waals surface area contributed by atoms with E-state index < -0.39 is 0 Å². The summed E-state index contributed by atoms with van der Waals surface area (Å²) >= 11 is 0. The molecule has 1 N–H and O–H groups in total. The zero-order valence-corrected chi connectivity index (χ0v) is 12.5. The van der Waals surface area contributed by atoms with Crippen molar-refractivity contribution in [3.63, 3.8) is 0 Å². The van der Waals surface area contributed by atoms with E-state index in [9.17, 15) is 0 Å². The van der Waals surface area contributed by atoms with E-state index in [-0.39, 0.29) is 0 Å². The smallest absolute Gasteiger partial charge is 0.0113 e. The fourth-order valence-electron chi connectivity index (χ4n) is 2.87. The maximum absolute atomic E-state index is 3.61. The lowest BCUT2D eigenvalue weighted by Crippen LogP contribution is -2.51. The fraction of sp³-hybridized carbons (Fsp3) is 1.00. The Kier molecular flexibility index (Phi) is 5.46. The summed E-state index contributed by atoms with van der Waals surface area (Å²) in [5, 5.41) is 3.61. The van der Waals surface area contributed by atoms with Gasteiger partial charge in [0.1, 0.15) is 0 Å². The first-order chi connectivity index (χ1) is 8.66. The maximum Gasteiger partial charge on any atom is 0.0113 e.